The Morgan fingerprint density at radius 1 is 1.57 bits per heavy atom. The molecule has 2 N–H and O–H groups in total. The van der Waals surface area contributed by atoms with Gasteiger partial charge in [-0.3, -0.25) is 0 Å². The summed E-state index contributed by atoms with van der Waals surface area (Å²) in [6, 6.07) is 3.36. The monoisotopic (exact) mass is 261 g/mol. The van der Waals surface area contributed by atoms with Crippen LogP contribution in [0.15, 0.2) is 16.6 Å². The summed E-state index contributed by atoms with van der Waals surface area (Å²) < 4.78 is 19.2. The van der Waals surface area contributed by atoms with Gasteiger partial charge in [-0.25, -0.2) is 4.39 Å². The molecule has 0 saturated carbocycles. The van der Waals surface area contributed by atoms with Gasteiger partial charge in [0.2, 0.25) is 0 Å². The van der Waals surface area contributed by atoms with Gasteiger partial charge in [-0.15, -0.1) is 0 Å². The quantitative estimate of drug-likeness (QED) is 0.908. The molecule has 1 rings (SSSR count). The number of rotatable bonds is 3. The van der Waals surface area contributed by atoms with Crippen LogP contribution in [0, 0.1) is 5.82 Å². The molecule has 1 unspecified atom stereocenters. The van der Waals surface area contributed by atoms with Crippen molar-refractivity contribution in [2.45, 2.75) is 12.8 Å². The van der Waals surface area contributed by atoms with E-state index >= 15 is 0 Å². The van der Waals surface area contributed by atoms with E-state index in [1.54, 1.807) is 12.1 Å². The number of hydrogen-bond acceptors (Lipinski definition) is 2. The lowest BCUT2D eigenvalue weighted by atomic mass is 10.00. The maximum Gasteiger partial charge on any atom is 0.144 e. The Labute approximate surface area is 91.4 Å². The Balaban J connectivity index is 3.27. The lowest BCUT2D eigenvalue weighted by Gasteiger charge is -2.15. The molecule has 2 nitrogen and oxygen atoms in total. The van der Waals surface area contributed by atoms with Crippen LogP contribution in [0.4, 0.5) is 4.39 Å². The number of nitrogens with two attached hydrogens (primary N) is 1. The van der Waals surface area contributed by atoms with Gasteiger partial charge in [-0.05, 0) is 40.5 Å². The summed E-state index contributed by atoms with van der Waals surface area (Å²) in [5, 5.41) is 0. The van der Waals surface area contributed by atoms with Gasteiger partial charge in [0.1, 0.15) is 11.6 Å². The normalized spacial score (nSPS) is 12.6. The zero-order valence-corrected chi connectivity index (χ0v) is 9.77. The summed E-state index contributed by atoms with van der Waals surface area (Å²) in [4.78, 5) is 0. The predicted octanol–water partition coefficient (Wildman–Crippen LogP) is 2.66. The van der Waals surface area contributed by atoms with E-state index in [0.717, 1.165) is 0 Å². The second-order valence-corrected chi connectivity index (χ2v) is 3.97. The fourth-order valence-corrected chi connectivity index (χ4v) is 1.65. The highest BCUT2D eigenvalue weighted by molar-refractivity contribution is 9.10. The molecule has 1 aromatic carbocycles. The fourth-order valence-electron chi connectivity index (χ4n) is 1.30. The lowest BCUT2D eigenvalue weighted by molar-refractivity contribution is 0.400. The van der Waals surface area contributed by atoms with Crippen LogP contribution in [0.3, 0.4) is 0 Å². The zero-order chi connectivity index (χ0) is 10.7. The minimum Gasteiger partial charge on any atom is -0.496 e. The van der Waals surface area contributed by atoms with Crippen molar-refractivity contribution < 1.29 is 9.13 Å². The van der Waals surface area contributed by atoms with E-state index in [1.807, 2.05) is 6.92 Å². The van der Waals surface area contributed by atoms with Crippen LogP contribution in [0.1, 0.15) is 18.4 Å². The predicted molar refractivity (Wildman–Crippen MR) is 58.1 cm³/mol. The Kier molecular flexibility index (Phi) is 3.89. The van der Waals surface area contributed by atoms with Gasteiger partial charge in [0.05, 0.1) is 11.6 Å². The van der Waals surface area contributed by atoms with E-state index < -0.39 is 0 Å². The Bertz CT molecular complexity index is 330. The van der Waals surface area contributed by atoms with Gasteiger partial charge in [0, 0.05) is 5.56 Å². The zero-order valence-electron chi connectivity index (χ0n) is 8.18. The molecule has 4 heteroatoms. The summed E-state index contributed by atoms with van der Waals surface area (Å²) >= 11 is 3.14. The molecule has 1 atom stereocenters. The van der Waals surface area contributed by atoms with E-state index in [2.05, 4.69) is 15.9 Å². The second kappa shape index (κ2) is 4.75. The maximum atomic E-state index is 13.7. The van der Waals surface area contributed by atoms with Gasteiger partial charge in [0.25, 0.3) is 0 Å². The van der Waals surface area contributed by atoms with Gasteiger partial charge < -0.3 is 10.5 Å². The number of hydrogen-bond donors (Lipinski definition) is 1. The molecule has 0 heterocycles. The van der Waals surface area contributed by atoms with E-state index in [1.165, 1.54) is 7.11 Å². The average molecular weight is 262 g/mol. The molecule has 0 aliphatic heterocycles. The number of ether oxygens (including phenoxy) is 1. The highest BCUT2D eigenvalue weighted by Gasteiger charge is 2.17. The molecular formula is C10H13BrFNO. The van der Waals surface area contributed by atoms with Crippen LogP contribution < -0.4 is 10.5 Å². The molecule has 0 aromatic heterocycles. The Morgan fingerprint density at radius 3 is 2.71 bits per heavy atom. The first kappa shape index (κ1) is 11.5. The van der Waals surface area contributed by atoms with Crippen LogP contribution in [-0.2, 0) is 0 Å². The molecule has 78 valence electrons. The van der Waals surface area contributed by atoms with Crippen LogP contribution in [0.5, 0.6) is 5.75 Å². The van der Waals surface area contributed by atoms with E-state index in [4.69, 9.17) is 10.5 Å². The maximum absolute atomic E-state index is 13.7. The highest BCUT2D eigenvalue weighted by atomic mass is 79.9. The summed E-state index contributed by atoms with van der Waals surface area (Å²) in [6.07, 6.45) is 0. The molecule has 0 amide bonds. The van der Waals surface area contributed by atoms with Crippen molar-refractivity contribution in [3.63, 3.8) is 0 Å². The molecule has 14 heavy (non-hydrogen) atoms. The summed E-state index contributed by atoms with van der Waals surface area (Å²) in [7, 11) is 1.52. The lowest BCUT2D eigenvalue weighted by Crippen LogP contribution is -2.12. The van der Waals surface area contributed by atoms with Crippen molar-refractivity contribution in [1.82, 2.24) is 0 Å². The minimum absolute atomic E-state index is 0.0533. The largest absolute Gasteiger partial charge is 0.496 e. The Morgan fingerprint density at radius 2 is 2.21 bits per heavy atom. The molecule has 0 spiro atoms. The fraction of sp³-hybridized carbons (Fsp3) is 0.400. The summed E-state index contributed by atoms with van der Waals surface area (Å²) in [5.41, 5.74) is 6.04. The van der Waals surface area contributed by atoms with Crippen LogP contribution in [0.2, 0.25) is 0 Å². The number of benzene rings is 1. The molecule has 1 aromatic rings. The first-order valence-corrected chi connectivity index (χ1v) is 5.13. The van der Waals surface area contributed by atoms with Gasteiger partial charge in [0.15, 0.2) is 0 Å². The van der Waals surface area contributed by atoms with E-state index in [0.29, 0.717) is 22.3 Å². The van der Waals surface area contributed by atoms with Crippen molar-refractivity contribution in [2.24, 2.45) is 5.73 Å². The number of methoxy groups -OCH3 is 1. The van der Waals surface area contributed by atoms with Crippen molar-refractivity contribution in [2.75, 3.05) is 13.7 Å². The summed E-state index contributed by atoms with van der Waals surface area (Å²) in [5.74, 6) is 0.202. The molecule has 0 fully saturated rings. The summed E-state index contributed by atoms with van der Waals surface area (Å²) in [6.45, 7) is 2.26. The second-order valence-electron chi connectivity index (χ2n) is 3.11. The van der Waals surface area contributed by atoms with Crippen molar-refractivity contribution in [3.05, 3.63) is 28.0 Å². The van der Waals surface area contributed by atoms with Crippen molar-refractivity contribution >= 4 is 15.9 Å². The highest BCUT2D eigenvalue weighted by Crippen LogP contribution is 2.32. The third kappa shape index (κ3) is 2.07. The van der Waals surface area contributed by atoms with Gasteiger partial charge >= 0.3 is 0 Å². The standard InChI is InChI=1S/C10H13BrFNO/c1-6(5-13)9-8(14-2)4-3-7(11)10(9)12/h3-4,6H,5,13H2,1-2H3. The molecule has 0 aliphatic rings. The first-order valence-electron chi connectivity index (χ1n) is 4.33. The molecule has 0 bridgehead atoms. The molecule has 0 radical (unpaired) electrons. The van der Waals surface area contributed by atoms with Crippen LogP contribution in [-0.4, -0.2) is 13.7 Å². The van der Waals surface area contributed by atoms with Crippen molar-refractivity contribution in [1.29, 1.82) is 0 Å². The van der Waals surface area contributed by atoms with Crippen molar-refractivity contribution in [3.8, 4) is 5.75 Å². The average Bonchev–Trinajstić information content (AvgIpc) is 2.20. The Hall–Kier alpha value is -0.610. The minimum atomic E-state index is -0.290. The SMILES string of the molecule is COc1ccc(Br)c(F)c1C(C)CN. The molecular weight excluding hydrogens is 249 g/mol. The topological polar surface area (TPSA) is 35.2 Å². The van der Waals surface area contributed by atoms with E-state index in [9.17, 15) is 4.39 Å². The molecule has 0 aliphatic carbocycles. The van der Waals surface area contributed by atoms with Gasteiger partial charge in [-0.2, -0.15) is 0 Å². The third-order valence-corrected chi connectivity index (χ3v) is 2.77. The number of halogens is 2. The molecule has 0 saturated heterocycles. The third-order valence-electron chi connectivity index (χ3n) is 2.16. The van der Waals surface area contributed by atoms with E-state index in [-0.39, 0.29) is 11.7 Å². The smallest absolute Gasteiger partial charge is 0.144 e. The first-order chi connectivity index (χ1) is 6.61. The van der Waals surface area contributed by atoms with Crippen LogP contribution >= 0.6 is 15.9 Å². The van der Waals surface area contributed by atoms with Gasteiger partial charge in [-0.1, -0.05) is 6.92 Å². The van der Waals surface area contributed by atoms with Crippen LogP contribution in [0.25, 0.3) is 0 Å².